The van der Waals surface area contributed by atoms with Crippen LogP contribution in [0.4, 0.5) is 0 Å². The van der Waals surface area contributed by atoms with Gasteiger partial charge in [0.1, 0.15) is 0 Å². The molecular weight excluding hydrogens is 174 g/mol. The van der Waals surface area contributed by atoms with Gasteiger partial charge in [0.2, 0.25) is 6.08 Å². The van der Waals surface area contributed by atoms with E-state index in [1.54, 1.807) is 6.08 Å². The largest absolute Gasteiger partial charge is 0.235 e. The van der Waals surface area contributed by atoms with Gasteiger partial charge in [-0.05, 0) is 12.5 Å². The van der Waals surface area contributed by atoms with Gasteiger partial charge in [-0.15, -0.1) is 0 Å². The molecule has 1 rings (SSSR count). The molecule has 0 saturated carbocycles. The Morgan fingerprint density at radius 1 is 1.29 bits per heavy atom. The first kappa shape index (κ1) is 10.7. The fourth-order valence-corrected chi connectivity index (χ4v) is 1.35. The number of nitrogens with zero attached hydrogens (tertiary/aromatic N) is 1. The van der Waals surface area contributed by atoms with Crippen LogP contribution >= 0.6 is 0 Å². The van der Waals surface area contributed by atoms with Crippen molar-refractivity contribution >= 4 is 6.08 Å². The second kappa shape index (κ2) is 4.21. The smallest absolute Gasteiger partial charge is 0.211 e. The van der Waals surface area contributed by atoms with Crippen LogP contribution in [0.15, 0.2) is 35.3 Å². The second-order valence-corrected chi connectivity index (χ2v) is 3.98. The van der Waals surface area contributed by atoms with Gasteiger partial charge in [-0.1, -0.05) is 44.2 Å². The van der Waals surface area contributed by atoms with E-state index >= 15 is 0 Å². The molecule has 0 bridgehead atoms. The van der Waals surface area contributed by atoms with Gasteiger partial charge in [-0.3, -0.25) is 0 Å². The summed E-state index contributed by atoms with van der Waals surface area (Å²) in [6, 6.07) is 10.0. The average Bonchev–Trinajstić information content (AvgIpc) is 2.19. The van der Waals surface area contributed by atoms with Crippen LogP contribution in [0.5, 0.6) is 0 Å². The molecule has 2 nitrogen and oxygen atoms in total. The second-order valence-electron chi connectivity index (χ2n) is 3.98. The maximum Gasteiger partial charge on any atom is 0.235 e. The molecule has 14 heavy (non-hydrogen) atoms. The van der Waals surface area contributed by atoms with Crippen molar-refractivity contribution in [3.8, 4) is 0 Å². The van der Waals surface area contributed by atoms with Gasteiger partial charge in [-0.25, -0.2) is 9.79 Å². The Bertz CT molecular complexity index is 337. The number of isocyanates is 1. The summed E-state index contributed by atoms with van der Waals surface area (Å²) in [7, 11) is 0. The van der Waals surface area contributed by atoms with Crippen molar-refractivity contribution in [1.29, 1.82) is 0 Å². The van der Waals surface area contributed by atoms with Crippen molar-refractivity contribution in [2.45, 2.75) is 32.2 Å². The highest BCUT2D eigenvalue weighted by molar-refractivity contribution is 5.35. The van der Waals surface area contributed by atoms with Crippen LogP contribution < -0.4 is 0 Å². The van der Waals surface area contributed by atoms with Crippen LogP contribution in [0.1, 0.15) is 26.3 Å². The summed E-state index contributed by atoms with van der Waals surface area (Å²) < 4.78 is 0. The van der Waals surface area contributed by atoms with E-state index in [1.165, 1.54) is 5.56 Å². The van der Waals surface area contributed by atoms with Crippen molar-refractivity contribution in [3.63, 3.8) is 0 Å². The zero-order chi connectivity index (χ0) is 10.6. The molecule has 2 heteroatoms. The minimum absolute atomic E-state index is 0.0533. The van der Waals surface area contributed by atoms with Crippen molar-refractivity contribution in [1.82, 2.24) is 0 Å². The van der Waals surface area contributed by atoms with Crippen LogP contribution in [0.3, 0.4) is 0 Å². The van der Waals surface area contributed by atoms with Gasteiger partial charge in [0, 0.05) is 5.41 Å². The third-order valence-electron chi connectivity index (χ3n) is 2.81. The molecule has 0 aliphatic carbocycles. The van der Waals surface area contributed by atoms with Crippen LogP contribution in [-0.2, 0) is 10.2 Å². The molecule has 0 N–H and O–H groups in total. The standard InChI is InChI=1S/C12H15NO/c1-10(13-9-14)12(2,3)11-7-5-4-6-8-11/h4-8,10H,1-3H3. The lowest BCUT2D eigenvalue weighted by molar-refractivity contribution is 0.432. The monoisotopic (exact) mass is 189 g/mol. The van der Waals surface area contributed by atoms with Gasteiger partial charge in [0.05, 0.1) is 6.04 Å². The van der Waals surface area contributed by atoms with Crippen LogP contribution in [0.25, 0.3) is 0 Å². The Morgan fingerprint density at radius 3 is 2.36 bits per heavy atom. The van der Waals surface area contributed by atoms with E-state index in [-0.39, 0.29) is 11.5 Å². The lowest BCUT2D eigenvalue weighted by Crippen LogP contribution is -2.29. The average molecular weight is 189 g/mol. The molecule has 0 amide bonds. The highest BCUT2D eigenvalue weighted by atomic mass is 16.1. The van der Waals surface area contributed by atoms with Crippen LogP contribution in [0.2, 0.25) is 0 Å². The summed E-state index contributed by atoms with van der Waals surface area (Å²) in [6.45, 7) is 6.08. The summed E-state index contributed by atoms with van der Waals surface area (Å²) in [5.41, 5.74) is 1.06. The molecule has 0 spiro atoms. The molecule has 74 valence electrons. The first-order chi connectivity index (χ1) is 6.59. The van der Waals surface area contributed by atoms with E-state index < -0.39 is 0 Å². The quantitative estimate of drug-likeness (QED) is 0.531. The van der Waals surface area contributed by atoms with E-state index in [2.05, 4.69) is 31.0 Å². The van der Waals surface area contributed by atoms with Crippen molar-refractivity contribution in [2.75, 3.05) is 0 Å². The van der Waals surface area contributed by atoms with E-state index in [0.29, 0.717) is 0 Å². The first-order valence-corrected chi connectivity index (χ1v) is 4.71. The molecule has 0 heterocycles. The lowest BCUT2D eigenvalue weighted by Gasteiger charge is -2.28. The Hall–Kier alpha value is -1.40. The Labute approximate surface area is 84.7 Å². The molecule has 0 aliphatic rings. The first-order valence-electron chi connectivity index (χ1n) is 4.71. The number of rotatable bonds is 3. The van der Waals surface area contributed by atoms with Crippen molar-refractivity contribution in [3.05, 3.63) is 35.9 Å². The summed E-state index contributed by atoms with van der Waals surface area (Å²) in [6.07, 6.45) is 1.62. The number of hydrogen-bond donors (Lipinski definition) is 0. The SMILES string of the molecule is CC(N=C=O)C(C)(C)c1ccccc1. The van der Waals surface area contributed by atoms with Gasteiger partial charge in [0.15, 0.2) is 0 Å². The number of aliphatic imine (C=N–C) groups is 1. The Kier molecular flexibility index (Phi) is 3.21. The summed E-state index contributed by atoms with van der Waals surface area (Å²) in [4.78, 5) is 14.0. The van der Waals surface area contributed by atoms with E-state index in [1.807, 2.05) is 25.1 Å². The summed E-state index contributed by atoms with van der Waals surface area (Å²) in [5.74, 6) is 0. The molecule has 0 fully saturated rings. The molecule has 1 unspecified atom stereocenters. The lowest BCUT2D eigenvalue weighted by atomic mass is 9.79. The molecule has 0 radical (unpaired) electrons. The molecule has 0 aromatic heterocycles. The Morgan fingerprint density at radius 2 is 1.86 bits per heavy atom. The fourth-order valence-electron chi connectivity index (χ4n) is 1.35. The van der Waals surface area contributed by atoms with Crippen molar-refractivity contribution < 1.29 is 4.79 Å². The maximum atomic E-state index is 10.2. The minimum atomic E-state index is -0.126. The fraction of sp³-hybridized carbons (Fsp3) is 0.417. The summed E-state index contributed by atoms with van der Waals surface area (Å²) >= 11 is 0. The van der Waals surface area contributed by atoms with Crippen molar-refractivity contribution in [2.24, 2.45) is 4.99 Å². The van der Waals surface area contributed by atoms with Gasteiger partial charge in [-0.2, -0.15) is 0 Å². The third kappa shape index (κ3) is 2.09. The van der Waals surface area contributed by atoms with Gasteiger partial charge >= 0.3 is 0 Å². The van der Waals surface area contributed by atoms with Crippen LogP contribution in [-0.4, -0.2) is 12.1 Å². The molecule has 1 atom stereocenters. The number of carbonyl (C=O) groups excluding carboxylic acids is 1. The zero-order valence-electron chi connectivity index (χ0n) is 8.82. The number of hydrogen-bond acceptors (Lipinski definition) is 2. The topological polar surface area (TPSA) is 29.4 Å². The highest BCUT2D eigenvalue weighted by Gasteiger charge is 2.27. The zero-order valence-corrected chi connectivity index (χ0v) is 8.82. The molecular formula is C12H15NO. The third-order valence-corrected chi connectivity index (χ3v) is 2.81. The normalized spacial score (nSPS) is 13.1. The molecule has 1 aromatic carbocycles. The van der Waals surface area contributed by atoms with Gasteiger partial charge in [0.25, 0.3) is 0 Å². The molecule has 1 aromatic rings. The number of benzene rings is 1. The van der Waals surface area contributed by atoms with E-state index in [9.17, 15) is 4.79 Å². The van der Waals surface area contributed by atoms with E-state index in [4.69, 9.17) is 0 Å². The Balaban J connectivity index is 3.01. The van der Waals surface area contributed by atoms with Crippen LogP contribution in [0, 0.1) is 0 Å². The predicted octanol–water partition coefficient (Wildman–Crippen LogP) is 2.69. The van der Waals surface area contributed by atoms with E-state index in [0.717, 1.165) is 0 Å². The minimum Gasteiger partial charge on any atom is -0.211 e. The molecule has 0 aliphatic heterocycles. The summed E-state index contributed by atoms with van der Waals surface area (Å²) in [5, 5.41) is 0. The maximum absolute atomic E-state index is 10.2. The highest BCUT2D eigenvalue weighted by Crippen LogP contribution is 2.28. The predicted molar refractivity (Wildman–Crippen MR) is 57.1 cm³/mol. The van der Waals surface area contributed by atoms with Gasteiger partial charge < -0.3 is 0 Å². The molecule has 0 saturated heterocycles.